The van der Waals surface area contributed by atoms with Gasteiger partial charge < -0.3 is 9.16 Å². The van der Waals surface area contributed by atoms with Gasteiger partial charge in [-0.25, -0.2) is 4.79 Å². The number of rotatable bonds is 4. The summed E-state index contributed by atoms with van der Waals surface area (Å²) in [7, 11) is -1.28. The molecule has 20 heavy (non-hydrogen) atoms. The average molecular weight is 292 g/mol. The summed E-state index contributed by atoms with van der Waals surface area (Å²) in [6.45, 7) is 15.8. The lowest BCUT2D eigenvalue weighted by molar-refractivity contribution is -0.130. The first-order chi connectivity index (χ1) is 9.11. The van der Waals surface area contributed by atoms with Crippen molar-refractivity contribution in [2.45, 2.75) is 46.2 Å². The topological polar surface area (TPSA) is 35.5 Å². The highest BCUT2D eigenvalue weighted by atomic mass is 28.3. The smallest absolute Gasteiger partial charge is 0.338 e. The van der Waals surface area contributed by atoms with Crippen molar-refractivity contribution in [1.82, 2.24) is 0 Å². The van der Waals surface area contributed by atoms with Crippen molar-refractivity contribution < 1.29 is 14.0 Å². The summed E-state index contributed by atoms with van der Waals surface area (Å²) in [5.74, 6) is 0.685. The van der Waals surface area contributed by atoms with E-state index in [0.717, 1.165) is 5.56 Å². The van der Waals surface area contributed by atoms with E-state index in [1.807, 2.05) is 12.1 Å². The molecule has 0 saturated carbocycles. The molecule has 0 fully saturated rings. The lowest BCUT2D eigenvalue weighted by Crippen LogP contribution is -2.16. The zero-order chi connectivity index (χ0) is 15.5. The summed E-state index contributed by atoms with van der Waals surface area (Å²) in [6.07, 6.45) is 0. The Bertz CT molecular complexity index is 513. The molecule has 1 rings (SSSR count). The van der Waals surface area contributed by atoms with Crippen LogP contribution in [0, 0.1) is 0 Å². The molecule has 4 heteroatoms. The van der Waals surface area contributed by atoms with Crippen molar-refractivity contribution in [2.24, 2.45) is 0 Å². The van der Waals surface area contributed by atoms with Crippen LogP contribution in [0.15, 0.2) is 30.4 Å². The number of ether oxygens (including phenoxy) is 1. The van der Waals surface area contributed by atoms with Crippen molar-refractivity contribution in [2.75, 3.05) is 0 Å². The van der Waals surface area contributed by atoms with E-state index in [1.54, 1.807) is 13.0 Å². The third kappa shape index (κ3) is 4.53. The van der Waals surface area contributed by atoms with Crippen LogP contribution in [0.2, 0.25) is 13.1 Å². The highest BCUT2D eigenvalue weighted by Gasteiger charge is 2.18. The maximum atomic E-state index is 11.7. The predicted molar refractivity (Wildman–Crippen MR) is 85.1 cm³/mol. The quantitative estimate of drug-likeness (QED) is 0.366. The highest BCUT2D eigenvalue weighted by molar-refractivity contribution is 6.49. The van der Waals surface area contributed by atoms with Crippen molar-refractivity contribution in [3.8, 4) is 11.5 Å². The molecule has 0 radical (unpaired) electrons. The van der Waals surface area contributed by atoms with Gasteiger partial charge in [0.25, 0.3) is 0 Å². The van der Waals surface area contributed by atoms with Crippen molar-refractivity contribution in [3.05, 3.63) is 35.9 Å². The van der Waals surface area contributed by atoms with Crippen molar-refractivity contribution >= 4 is 15.0 Å². The van der Waals surface area contributed by atoms with E-state index in [9.17, 15) is 4.79 Å². The number of carbonyl (C=O) groups excluding carboxylic acids is 1. The highest BCUT2D eigenvalue weighted by Crippen LogP contribution is 2.34. The summed E-state index contributed by atoms with van der Waals surface area (Å²) < 4.78 is 11.2. The van der Waals surface area contributed by atoms with Gasteiger partial charge in [-0.3, -0.25) is 0 Å². The van der Waals surface area contributed by atoms with E-state index >= 15 is 0 Å². The number of hydrogen-bond acceptors (Lipinski definition) is 3. The van der Waals surface area contributed by atoms with Gasteiger partial charge in [-0.1, -0.05) is 33.4 Å². The minimum Gasteiger partial charge on any atom is -0.544 e. The SMILES string of the molecule is C=C(C)C(=O)Oc1ccc(C(C)(C)C)cc1O[SiH](C)C. The van der Waals surface area contributed by atoms with Crippen LogP contribution in [-0.2, 0) is 10.2 Å². The molecular weight excluding hydrogens is 268 g/mol. The molecule has 0 aliphatic rings. The Labute approximate surface area is 123 Å². The molecule has 0 aliphatic carbocycles. The lowest BCUT2D eigenvalue weighted by atomic mass is 9.87. The Balaban J connectivity index is 3.16. The van der Waals surface area contributed by atoms with Gasteiger partial charge in [0.05, 0.1) is 0 Å². The zero-order valence-corrected chi connectivity index (χ0v) is 14.4. The molecule has 3 nitrogen and oxygen atoms in total. The van der Waals surface area contributed by atoms with E-state index in [2.05, 4.69) is 40.4 Å². The van der Waals surface area contributed by atoms with E-state index in [1.165, 1.54) is 0 Å². The Morgan fingerprint density at radius 1 is 1.20 bits per heavy atom. The van der Waals surface area contributed by atoms with Gasteiger partial charge in [-0.2, -0.15) is 0 Å². The first-order valence-electron chi connectivity index (χ1n) is 6.80. The van der Waals surface area contributed by atoms with Crippen LogP contribution >= 0.6 is 0 Å². The molecule has 1 aromatic rings. The van der Waals surface area contributed by atoms with Crippen LogP contribution in [0.5, 0.6) is 11.5 Å². The monoisotopic (exact) mass is 292 g/mol. The van der Waals surface area contributed by atoms with E-state index in [-0.39, 0.29) is 5.41 Å². The standard InChI is InChI=1S/C16H24O3Si/c1-11(2)15(17)18-13-9-8-12(16(3,4)5)10-14(13)19-20(6)7/h8-10,20H,1H2,2-7H3. The second-order valence-corrected chi connectivity index (χ2v) is 8.58. The summed E-state index contributed by atoms with van der Waals surface area (Å²) >= 11 is 0. The normalized spacial score (nSPS) is 11.3. The molecule has 0 spiro atoms. The van der Waals surface area contributed by atoms with Gasteiger partial charge in [-0.05, 0) is 43.1 Å². The van der Waals surface area contributed by atoms with E-state index < -0.39 is 15.0 Å². The van der Waals surface area contributed by atoms with Crippen LogP contribution in [0.4, 0.5) is 0 Å². The second-order valence-electron chi connectivity index (χ2n) is 6.25. The van der Waals surface area contributed by atoms with Gasteiger partial charge in [0.1, 0.15) is 5.75 Å². The van der Waals surface area contributed by atoms with Crippen LogP contribution in [0.1, 0.15) is 33.3 Å². The number of esters is 1. The zero-order valence-electron chi connectivity index (χ0n) is 13.2. The molecule has 0 heterocycles. The molecule has 0 saturated heterocycles. The van der Waals surface area contributed by atoms with Gasteiger partial charge in [0.15, 0.2) is 5.75 Å². The van der Waals surface area contributed by atoms with Crippen molar-refractivity contribution in [1.29, 1.82) is 0 Å². The summed E-state index contributed by atoms with van der Waals surface area (Å²) in [4.78, 5) is 11.7. The summed E-state index contributed by atoms with van der Waals surface area (Å²) in [5.41, 5.74) is 1.54. The van der Waals surface area contributed by atoms with Crippen LogP contribution < -0.4 is 9.16 Å². The summed E-state index contributed by atoms with van der Waals surface area (Å²) in [5, 5.41) is 0. The lowest BCUT2D eigenvalue weighted by Gasteiger charge is -2.22. The third-order valence-corrected chi connectivity index (χ3v) is 3.45. The maximum absolute atomic E-state index is 11.7. The largest absolute Gasteiger partial charge is 0.544 e. The molecule has 0 atom stereocenters. The van der Waals surface area contributed by atoms with Crippen LogP contribution in [0.3, 0.4) is 0 Å². The first kappa shape index (κ1) is 16.5. The molecule has 1 aromatic carbocycles. The Morgan fingerprint density at radius 2 is 1.80 bits per heavy atom. The minimum absolute atomic E-state index is 0.0214. The van der Waals surface area contributed by atoms with Crippen molar-refractivity contribution in [3.63, 3.8) is 0 Å². The number of carbonyl (C=O) groups is 1. The molecule has 0 unspecified atom stereocenters. The Hall–Kier alpha value is -1.55. The van der Waals surface area contributed by atoms with Gasteiger partial charge in [0.2, 0.25) is 9.04 Å². The molecule has 0 amide bonds. The minimum atomic E-state index is -1.28. The first-order valence-corrected chi connectivity index (χ1v) is 9.58. The van der Waals surface area contributed by atoms with Gasteiger partial charge in [0, 0.05) is 5.57 Å². The predicted octanol–water partition coefficient (Wildman–Crippen LogP) is 3.83. The molecule has 0 N–H and O–H groups in total. The fraction of sp³-hybridized carbons (Fsp3) is 0.438. The fourth-order valence-corrected chi connectivity index (χ4v) is 2.28. The molecule has 0 bridgehead atoms. The molecule has 0 aromatic heterocycles. The van der Waals surface area contributed by atoms with E-state index in [4.69, 9.17) is 9.16 Å². The van der Waals surface area contributed by atoms with Gasteiger partial charge in [-0.15, -0.1) is 0 Å². The Kier molecular flexibility index (Phi) is 5.17. The number of benzene rings is 1. The second kappa shape index (κ2) is 6.26. The third-order valence-electron chi connectivity index (χ3n) is 2.72. The Morgan fingerprint density at radius 3 is 2.25 bits per heavy atom. The average Bonchev–Trinajstić information content (AvgIpc) is 2.28. The molecule has 110 valence electrons. The van der Waals surface area contributed by atoms with Crippen LogP contribution in [-0.4, -0.2) is 15.0 Å². The van der Waals surface area contributed by atoms with Crippen LogP contribution in [0.25, 0.3) is 0 Å². The fourth-order valence-electron chi connectivity index (χ4n) is 1.59. The summed E-state index contributed by atoms with van der Waals surface area (Å²) in [6, 6.07) is 5.73. The molecular formula is C16H24O3Si. The van der Waals surface area contributed by atoms with Gasteiger partial charge >= 0.3 is 5.97 Å². The van der Waals surface area contributed by atoms with E-state index in [0.29, 0.717) is 17.1 Å². The maximum Gasteiger partial charge on any atom is 0.338 e. The number of hydrogen-bond donors (Lipinski definition) is 0. The molecule has 0 aliphatic heterocycles.